The summed E-state index contributed by atoms with van der Waals surface area (Å²) < 4.78 is 27.7. The van der Waals surface area contributed by atoms with Gasteiger partial charge in [-0.25, -0.2) is 18.2 Å². The summed E-state index contributed by atoms with van der Waals surface area (Å²) in [7, 11) is -2.99. The summed E-state index contributed by atoms with van der Waals surface area (Å²) in [6.45, 7) is 3.66. The second-order valence-corrected chi connectivity index (χ2v) is 8.40. The van der Waals surface area contributed by atoms with E-state index in [-0.39, 0.29) is 36.4 Å². The largest absolute Gasteiger partial charge is 0.462 e. The van der Waals surface area contributed by atoms with E-state index in [0.29, 0.717) is 22.1 Å². The maximum absolute atomic E-state index is 11.9. The molecule has 1 amide bonds. The zero-order valence-corrected chi connectivity index (χ0v) is 14.1. The van der Waals surface area contributed by atoms with Gasteiger partial charge in [0.05, 0.1) is 23.8 Å². The number of aromatic nitrogens is 1. The van der Waals surface area contributed by atoms with Crippen molar-refractivity contribution in [1.29, 1.82) is 0 Å². The lowest BCUT2D eigenvalue weighted by Gasteiger charge is -2.06. The van der Waals surface area contributed by atoms with Crippen molar-refractivity contribution in [3.05, 3.63) is 10.6 Å². The van der Waals surface area contributed by atoms with Crippen LogP contribution in [-0.4, -0.2) is 43.4 Å². The molecular formula is C13H18N2O5S2. The molecule has 22 heavy (non-hydrogen) atoms. The van der Waals surface area contributed by atoms with E-state index in [4.69, 9.17) is 4.74 Å². The molecule has 0 saturated carbocycles. The van der Waals surface area contributed by atoms with Crippen molar-refractivity contribution in [2.24, 2.45) is 5.92 Å². The Balaban J connectivity index is 1.95. The third-order valence-corrected chi connectivity index (χ3v) is 6.19. The molecule has 1 fully saturated rings. The van der Waals surface area contributed by atoms with Crippen LogP contribution in [0.25, 0.3) is 0 Å². The van der Waals surface area contributed by atoms with Gasteiger partial charge < -0.3 is 10.1 Å². The number of rotatable bonds is 5. The Morgan fingerprint density at radius 3 is 2.77 bits per heavy atom. The molecule has 1 aromatic heterocycles. The van der Waals surface area contributed by atoms with Gasteiger partial charge in [-0.2, -0.15) is 0 Å². The van der Waals surface area contributed by atoms with Crippen molar-refractivity contribution in [3.63, 3.8) is 0 Å². The predicted molar refractivity (Wildman–Crippen MR) is 82.8 cm³/mol. The first-order valence-electron chi connectivity index (χ1n) is 6.95. The highest BCUT2D eigenvalue weighted by molar-refractivity contribution is 7.91. The molecule has 7 nitrogen and oxygen atoms in total. The highest BCUT2D eigenvalue weighted by Gasteiger charge is 2.29. The van der Waals surface area contributed by atoms with E-state index < -0.39 is 15.8 Å². The van der Waals surface area contributed by atoms with Gasteiger partial charge in [0.25, 0.3) is 0 Å². The molecule has 0 unspecified atom stereocenters. The number of amides is 1. The maximum atomic E-state index is 11.9. The summed E-state index contributed by atoms with van der Waals surface area (Å²) >= 11 is 1.06. The van der Waals surface area contributed by atoms with Crippen LogP contribution in [0.1, 0.15) is 35.1 Å². The summed E-state index contributed by atoms with van der Waals surface area (Å²) in [4.78, 5) is 28.1. The summed E-state index contributed by atoms with van der Waals surface area (Å²) in [5, 5.41) is 2.95. The summed E-state index contributed by atoms with van der Waals surface area (Å²) in [6, 6.07) is 0. The number of carbonyl (C=O) groups excluding carboxylic acids is 2. The molecule has 1 saturated heterocycles. The average molecular weight is 346 g/mol. The zero-order valence-electron chi connectivity index (χ0n) is 12.4. The molecule has 0 spiro atoms. The summed E-state index contributed by atoms with van der Waals surface area (Å²) in [5.74, 6) is -0.679. The van der Waals surface area contributed by atoms with Gasteiger partial charge in [-0.05, 0) is 26.2 Å². The molecule has 122 valence electrons. The number of sulfone groups is 1. The highest BCUT2D eigenvalue weighted by atomic mass is 32.2. The van der Waals surface area contributed by atoms with Gasteiger partial charge in [0.1, 0.15) is 4.88 Å². The van der Waals surface area contributed by atoms with Crippen LogP contribution in [0, 0.1) is 12.8 Å². The molecule has 1 N–H and O–H groups in total. The molecular weight excluding hydrogens is 328 g/mol. The Bertz CT molecular complexity index is 681. The van der Waals surface area contributed by atoms with Gasteiger partial charge in [-0.3, -0.25) is 4.79 Å². The lowest BCUT2D eigenvalue weighted by molar-refractivity contribution is -0.116. The number of thiazole rings is 1. The second kappa shape index (κ2) is 6.74. The minimum absolute atomic E-state index is 0.0609. The predicted octanol–water partition coefficient (Wildman–Crippen LogP) is 1.39. The van der Waals surface area contributed by atoms with Crippen LogP contribution < -0.4 is 5.32 Å². The fourth-order valence-corrected chi connectivity index (χ4v) is 5.04. The number of nitrogens with one attached hydrogen (secondary N) is 1. The standard InChI is InChI=1S/C13H18N2O5S2/c1-3-20-12(17)11-8(2)14-13(21-11)15-10(16)6-9-4-5-22(18,19)7-9/h9H,3-7H2,1-2H3,(H,14,15,16)/t9-/m1/s1. The van der Waals surface area contributed by atoms with Crippen molar-refractivity contribution < 1.29 is 22.7 Å². The quantitative estimate of drug-likeness (QED) is 0.808. The van der Waals surface area contributed by atoms with Gasteiger partial charge >= 0.3 is 5.97 Å². The van der Waals surface area contributed by atoms with Crippen LogP contribution in [0.4, 0.5) is 5.13 Å². The second-order valence-electron chi connectivity index (χ2n) is 5.18. The Hall–Kier alpha value is -1.48. The Labute approximate surface area is 133 Å². The van der Waals surface area contributed by atoms with E-state index >= 15 is 0 Å². The maximum Gasteiger partial charge on any atom is 0.350 e. The van der Waals surface area contributed by atoms with Gasteiger partial charge in [0, 0.05) is 6.42 Å². The monoisotopic (exact) mass is 346 g/mol. The topological polar surface area (TPSA) is 102 Å². The molecule has 9 heteroatoms. The van der Waals surface area contributed by atoms with Crippen LogP contribution in [0.5, 0.6) is 0 Å². The number of aryl methyl sites for hydroxylation is 1. The molecule has 1 aromatic rings. The molecule has 0 aliphatic carbocycles. The van der Waals surface area contributed by atoms with E-state index in [0.717, 1.165) is 11.3 Å². The fraction of sp³-hybridized carbons (Fsp3) is 0.615. The molecule has 0 radical (unpaired) electrons. The zero-order chi connectivity index (χ0) is 16.3. The summed E-state index contributed by atoms with van der Waals surface area (Å²) in [5.41, 5.74) is 0.502. The van der Waals surface area contributed by atoms with Gasteiger partial charge in [-0.1, -0.05) is 11.3 Å². The van der Waals surface area contributed by atoms with Crippen molar-refractivity contribution in [3.8, 4) is 0 Å². The fourth-order valence-electron chi connectivity index (χ4n) is 2.30. The number of esters is 1. The number of hydrogen-bond donors (Lipinski definition) is 1. The summed E-state index contributed by atoms with van der Waals surface area (Å²) in [6.07, 6.45) is 0.660. The van der Waals surface area contributed by atoms with E-state index in [1.165, 1.54) is 0 Å². The highest BCUT2D eigenvalue weighted by Crippen LogP contribution is 2.25. The van der Waals surface area contributed by atoms with Crippen LogP contribution in [0.15, 0.2) is 0 Å². The van der Waals surface area contributed by atoms with Crippen LogP contribution in [-0.2, 0) is 19.4 Å². The molecule has 0 bridgehead atoms. The van der Waals surface area contributed by atoms with Crippen molar-refractivity contribution in [2.75, 3.05) is 23.4 Å². The number of ether oxygens (including phenoxy) is 1. The van der Waals surface area contributed by atoms with Gasteiger partial charge in [0.15, 0.2) is 15.0 Å². The number of nitrogens with zero attached hydrogens (tertiary/aromatic N) is 1. The normalized spacial score (nSPS) is 19.8. The Kier molecular flexibility index (Phi) is 5.17. The van der Waals surface area contributed by atoms with Gasteiger partial charge in [0.2, 0.25) is 5.91 Å². The smallest absolute Gasteiger partial charge is 0.350 e. The first-order chi connectivity index (χ1) is 10.3. The number of carbonyl (C=O) groups is 2. The van der Waals surface area contributed by atoms with E-state index in [9.17, 15) is 18.0 Å². The lowest BCUT2D eigenvalue weighted by Crippen LogP contribution is -2.17. The molecule has 2 heterocycles. The molecule has 1 atom stereocenters. The first-order valence-corrected chi connectivity index (χ1v) is 9.59. The van der Waals surface area contributed by atoms with Gasteiger partial charge in [-0.15, -0.1) is 0 Å². The minimum atomic E-state index is -2.99. The molecule has 1 aliphatic rings. The Morgan fingerprint density at radius 1 is 1.45 bits per heavy atom. The van der Waals surface area contributed by atoms with Crippen LogP contribution in [0.3, 0.4) is 0 Å². The molecule has 2 rings (SSSR count). The number of anilines is 1. The van der Waals surface area contributed by atoms with E-state index in [2.05, 4.69) is 10.3 Å². The lowest BCUT2D eigenvalue weighted by atomic mass is 10.1. The molecule has 1 aliphatic heterocycles. The van der Waals surface area contributed by atoms with Crippen LogP contribution in [0.2, 0.25) is 0 Å². The number of hydrogen-bond acceptors (Lipinski definition) is 7. The third-order valence-electron chi connectivity index (χ3n) is 3.30. The van der Waals surface area contributed by atoms with E-state index in [1.807, 2.05) is 0 Å². The minimum Gasteiger partial charge on any atom is -0.462 e. The van der Waals surface area contributed by atoms with Crippen molar-refractivity contribution in [1.82, 2.24) is 4.98 Å². The third kappa shape index (κ3) is 4.26. The van der Waals surface area contributed by atoms with Crippen molar-refractivity contribution >= 4 is 38.2 Å². The average Bonchev–Trinajstić information content (AvgIpc) is 2.92. The SMILES string of the molecule is CCOC(=O)c1sc(NC(=O)C[C@H]2CCS(=O)(=O)C2)nc1C. The van der Waals surface area contributed by atoms with Crippen molar-refractivity contribution in [2.45, 2.75) is 26.7 Å². The first kappa shape index (κ1) is 16.9. The van der Waals surface area contributed by atoms with Crippen LogP contribution >= 0.6 is 11.3 Å². The molecule has 0 aromatic carbocycles. The Morgan fingerprint density at radius 2 is 2.18 bits per heavy atom. The van der Waals surface area contributed by atoms with E-state index in [1.54, 1.807) is 13.8 Å².